The smallest absolute Gasteiger partial charge is 0.259 e. The van der Waals surface area contributed by atoms with E-state index >= 15 is 0 Å². The van der Waals surface area contributed by atoms with Gasteiger partial charge in [-0.1, -0.05) is 17.8 Å². The summed E-state index contributed by atoms with van der Waals surface area (Å²) in [5, 5.41) is 5.50. The minimum absolute atomic E-state index is 0.000185. The van der Waals surface area contributed by atoms with Crippen LogP contribution in [0.2, 0.25) is 0 Å². The minimum Gasteiger partial charge on any atom is -0.391 e. The summed E-state index contributed by atoms with van der Waals surface area (Å²) in [6.07, 6.45) is 3.14. The number of hydrogen-bond acceptors (Lipinski definition) is 6. The second-order valence-electron chi connectivity index (χ2n) is 2.20. The van der Waals surface area contributed by atoms with Crippen molar-refractivity contribution >= 4 is 28.5 Å². The van der Waals surface area contributed by atoms with Crippen molar-refractivity contribution in [1.82, 2.24) is 4.98 Å². The van der Waals surface area contributed by atoms with Gasteiger partial charge in [-0.15, -0.1) is 11.3 Å². The molecule has 14 heavy (non-hydrogen) atoms. The largest absolute Gasteiger partial charge is 0.391 e. The minimum atomic E-state index is -0.000185. The number of anilines is 1. The van der Waals surface area contributed by atoms with Crippen LogP contribution in [0.4, 0.5) is 5.13 Å². The molecule has 0 aliphatic carbocycles. The zero-order valence-corrected chi connectivity index (χ0v) is 8.08. The summed E-state index contributed by atoms with van der Waals surface area (Å²) in [6, 6.07) is 0. The molecule has 0 saturated heterocycles. The van der Waals surface area contributed by atoms with Gasteiger partial charge in [-0.25, -0.2) is 4.98 Å². The number of rotatable bonds is 5. The van der Waals surface area contributed by atoms with Crippen LogP contribution in [0.15, 0.2) is 23.2 Å². The maximum absolute atomic E-state index is 10.5. The van der Waals surface area contributed by atoms with E-state index in [9.17, 15) is 4.79 Å². The zero-order valence-electron chi connectivity index (χ0n) is 7.27. The lowest BCUT2D eigenvalue weighted by molar-refractivity contribution is 0.175. The summed E-state index contributed by atoms with van der Waals surface area (Å²) in [5.41, 5.74) is 5.76. The number of aromatic nitrogens is 1. The third-order valence-corrected chi connectivity index (χ3v) is 1.88. The van der Waals surface area contributed by atoms with E-state index < -0.39 is 0 Å². The number of nitrogen functional groups attached to an aromatic ring is 1. The van der Waals surface area contributed by atoms with Crippen molar-refractivity contribution in [3.8, 4) is 0 Å². The number of oxime groups is 1. The Morgan fingerprint density at radius 2 is 2.71 bits per heavy atom. The van der Waals surface area contributed by atoms with Crippen molar-refractivity contribution in [3.63, 3.8) is 0 Å². The maximum Gasteiger partial charge on any atom is 0.259 e. The molecule has 0 saturated carbocycles. The Labute approximate surface area is 84.9 Å². The molecule has 0 fully saturated rings. The predicted octanol–water partition coefficient (Wildman–Crippen LogP) is 0.742. The van der Waals surface area contributed by atoms with Crippen molar-refractivity contribution in [1.29, 1.82) is 0 Å². The molecule has 1 rings (SSSR count). The van der Waals surface area contributed by atoms with Crippen LogP contribution >= 0.6 is 11.3 Å². The average molecular weight is 210 g/mol. The van der Waals surface area contributed by atoms with Crippen LogP contribution in [0.5, 0.6) is 0 Å². The van der Waals surface area contributed by atoms with E-state index in [0.29, 0.717) is 10.8 Å². The predicted molar refractivity (Wildman–Crippen MR) is 54.9 cm³/mol. The average Bonchev–Trinajstić information content (AvgIpc) is 2.60. The molecule has 0 aromatic carbocycles. The molecule has 1 aromatic rings. The third-order valence-electron chi connectivity index (χ3n) is 1.21. The Balaban J connectivity index is 2.76. The molecule has 2 N–H and O–H groups in total. The van der Waals surface area contributed by atoms with Crippen LogP contribution in [-0.4, -0.2) is 23.6 Å². The lowest BCUT2D eigenvalue weighted by Crippen LogP contribution is -2.04. The summed E-state index contributed by atoms with van der Waals surface area (Å²) >= 11 is 1.22. The Morgan fingerprint density at radius 3 is 3.21 bits per heavy atom. The van der Waals surface area contributed by atoms with Gasteiger partial charge < -0.3 is 10.6 Å². The molecule has 0 bridgehead atoms. The van der Waals surface area contributed by atoms with Crippen LogP contribution < -0.4 is 5.73 Å². The molecule has 0 atom stereocenters. The molecule has 0 spiro atoms. The van der Waals surface area contributed by atoms with Crippen LogP contribution in [0.3, 0.4) is 0 Å². The van der Waals surface area contributed by atoms with Gasteiger partial charge in [0.1, 0.15) is 12.3 Å². The van der Waals surface area contributed by atoms with Gasteiger partial charge in [0.2, 0.25) is 0 Å². The zero-order chi connectivity index (χ0) is 10.4. The van der Waals surface area contributed by atoms with E-state index in [1.54, 1.807) is 11.7 Å². The first-order chi connectivity index (χ1) is 6.77. The highest BCUT2D eigenvalue weighted by molar-refractivity contribution is 7.13. The van der Waals surface area contributed by atoms with Gasteiger partial charge in [0.25, 0.3) is 6.29 Å². The monoisotopic (exact) mass is 210 g/mol. The molecule has 1 radical (unpaired) electrons. The molecule has 1 heterocycles. The quantitative estimate of drug-likeness (QED) is 0.336. The topological polar surface area (TPSA) is 77.6 Å². The maximum atomic E-state index is 10.5. The summed E-state index contributed by atoms with van der Waals surface area (Å²) < 4.78 is 0. The fourth-order valence-corrected chi connectivity index (χ4v) is 1.22. The Bertz CT molecular complexity index is 359. The van der Waals surface area contributed by atoms with Crippen molar-refractivity contribution in [2.75, 3.05) is 12.3 Å². The highest BCUT2D eigenvalue weighted by atomic mass is 32.1. The van der Waals surface area contributed by atoms with Gasteiger partial charge in [-0.05, 0) is 0 Å². The molecule has 5 nitrogen and oxygen atoms in total. The second-order valence-corrected chi connectivity index (χ2v) is 3.09. The SMILES string of the molecule is C=CCO/N=C(\[C]=O)c1csc(N)n1. The van der Waals surface area contributed by atoms with E-state index in [0.717, 1.165) is 0 Å². The van der Waals surface area contributed by atoms with E-state index in [1.807, 2.05) is 0 Å². The molecule has 1 aromatic heterocycles. The van der Waals surface area contributed by atoms with Crippen molar-refractivity contribution < 1.29 is 9.63 Å². The van der Waals surface area contributed by atoms with Crippen LogP contribution in [-0.2, 0) is 9.63 Å². The number of nitrogens with two attached hydrogens (primary N) is 1. The van der Waals surface area contributed by atoms with Gasteiger partial charge in [0.05, 0.1) is 0 Å². The second kappa shape index (κ2) is 5.13. The lowest BCUT2D eigenvalue weighted by atomic mass is 10.3. The number of nitrogens with zero attached hydrogens (tertiary/aromatic N) is 2. The normalized spacial score (nSPS) is 11.0. The van der Waals surface area contributed by atoms with Crippen molar-refractivity contribution in [2.24, 2.45) is 5.16 Å². The van der Waals surface area contributed by atoms with Gasteiger partial charge in [-0.3, -0.25) is 4.79 Å². The summed E-state index contributed by atoms with van der Waals surface area (Å²) in [6.45, 7) is 3.66. The molecule has 6 heteroatoms. The number of carbonyl (C=O) groups excluding carboxylic acids is 1. The Morgan fingerprint density at radius 1 is 1.93 bits per heavy atom. The highest BCUT2D eigenvalue weighted by Gasteiger charge is 2.08. The molecular formula is C8H8N3O2S. The first-order valence-corrected chi connectivity index (χ1v) is 4.56. The first-order valence-electron chi connectivity index (χ1n) is 3.68. The van der Waals surface area contributed by atoms with E-state index in [4.69, 9.17) is 10.6 Å². The molecular weight excluding hydrogens is 202 g/mol. The van der Waals surface area contributed by atoms with Crippen LogP contribution in [0, 0.1) is 0 Å². The van der Waals surface area contributed by atoms with Crippen LogP contribution in [0.1, 0.15) is 5.69 Å². The summed E-state index contributed by atoms with van der Waals surface area (Å²) in [4.78, 5) is 19.1. The van der Waals surface area contributed by atoms with E-state index in [-0.39, 0.29) is 12.3 Å². The van der Waals surface area contributed by atoms with Crippen LogP contribution in [0.25, 0.3) is 0 Å². The van der Waals surface area contributed by atoms with Gasteiger partial charge in [0.15, 0.2) is 10.8 Å². The van der Waals surface area contributed by atoms with E-state index in [2.05, 4.69) is 16.7 Å². The first kappa shape index (κ1) is 10.4. The number of thiazole rings is 1. The van der Waals surface area contributed by atoms with Crippen molar-refractivity contribution in [3.05, 3.63) is 23.7 Å². The molecule has 0 aliphatic rings. The summed E-state index contributed by atoms with van der Waals surface area (Å²) in [5.74, 6) is 0. The van der Waals surface area contributed by atoms with Gasteiger partial charge in [-0.2, -0.15) is 0 Å². The third kappa shape index (κ3) is 2.67. The molecule has 73 valence electrons. The van der Waals surface area contributed by atoms with Crippen molar-refractivity contribution in [2.45, 2.75) is 0 Å². The standard InChI is InChI=1S/C8H8N3O2S/c1-2-3-13-11-6(4-12)7-5-14-8(9)10-7/h2,5H,1,3H2,(H2,9,10)/b11-6+. The Kier molecular flexibility index (Phi) is 3.81. The fourth-order valence-electron chi connectivity index (χ4n) is 0.669. The summed E-state index contributed by atoms with van der Waals surface area (Å²) in [7, 11) is 0. The van der Waals surface area contributed by atoms with Gasteiger partial charge in [0, 0.05) is 5.38 Å². The Hall–Kier alpha value is -1.69. The fraction of sp³-hybridized carbons (Fsp3) is 0.125. The lowest BCUT2D eigenvalue weighted by Gasteiger charge is -1.93. The van der Waals surface area contributed by atoms with E-state index in [1.165, 1.54) is 17.4 Å². The van der Waals surface area contributed by atoms with Gasteiger partial charge >= 0.3 is 0 Å². The molecule has 0 aliphatic heterocycles. The molecule has 0 unspecified atom stereocenters. The highest BCUT2D eigenvalue weighted by Crippen LogP contribution is 2.11. The number of hydrogen-bond donors (Lipinski definition) is 1. The molecule has 0 amide bonds.